The molecule has 2 aromatic carbocycles. The first-order valence-electron chi connectivity index (χ1n) is 5.92. The van der Waals surface area contributed by atoms with Gasteiger partial charge in [0.1, 0.15) is 0 Å². The van der Waals surface area contributed by atoms with Gasteiger partial charge < -0.3 is 4.74 Å². The standard InChI is InChI=1S/C16H16O/c1-3-8-15(9-4-1)12-7-13-17-14-16-10-5-2-6-11-16/h1-6,8-11H,7,12-13H2. The van der Waals surface area contributed by atoms with Gasteiger partial charge in [-0.15, -0.1) is 0 Å². The number of hydrogen-bond donors (Lipinski definition) is 0. The van der Waals surface area contributed by atoms with Crippen LogP contribution in [0, 0.1) is 6.61 Å². The number of hydrogen-bond acceptors (Lipinski definition) is 1. The van der Waals surface area contributed by atoms with Crippen LogP contribution in [0.5, 0.6) is 0 Å². The van der Waals surface area contributed by atoms with Crippen molar-refractivity contribution in [1.29, 1.82) is 0 Å². The molecule has 2 aromatic rings. The van der Waals surface area contributed by atoms with Crippen molar-refractivity contribution in [2.45, 2.75) is 12.8 Å². The molecule has 0 aromatic heterocycles. The highest BCUT2D eigenvalue weighted by molar-refractivity contribution is 5.19. The van der Waals surface area contributed by atoms with Crippen LogP contribution < -0.4 is 0 Å². The first-order chi connectivity index (χ1) is 8.45. The monoisotopic (exact) mass is 224 g/mol. The number of ether oxygens (including phenoxy) is 1. The van der Waals surface area contributed by atoms with Gasteiger partial charge >= 0.3 is 0 Å². The van der Waals surface area contributed by atoms with Gasteiger partial charge in [0, 0.05) is 6.61 Å². The molecule has 0 bridgehead atoms. The van der Waals surface area contributed by atoms with Crippen LogP contribution in [-0.2, 0) is 11.2 Å². The minimum atomic E-state index is 0.712. The van der Waals surface area contributed by atoms with Gasteiger partial charge in [0.05, 0.1) is 0 Å². The average molecular weight is 224 g/mol. The van der Waals surface area contributed by atoms with E-state index in [9.17, 15) is 0 Å². The Kier molecular flexibility index (Phi) is 4.80. The van der Waals surface area contributed by atoms with E-state index in [0.29, 0.717) is 6.61 Å². The summed E-state index contributed by atoms with van der Waals surface area (Å²) in [7, 11) is 0. The topological polar surface area (TPSA) is 9.23 Å². The smallest absolute Gasteiger partial charge is 0.166 e. The van der Waals surface area contributed by atoms with E-state index in [2.05, 4.69) is 30.9 Å². The Hall–Kier alpha value is -1.60. The summed E-state index contributed by atoms with van der Waals surface area (Å²) in [6.07, 6.45) is 2.07. The van der Waals surface area contributed by atoms with E-state index in [1.54, 1.807) is 0 Å². The van der Waals surface area contributed by atoms with E-state index in [1.165, 1.54) is 5.56 Å². The molecule has 0 aliphatic carbocycles. The summed E-state index contributed by atoms with van der Waals surface area (Å²) in [6.45, 7) is 3.64. The fourth-order valence-corrected chi connectivity index (χ4v) is 1.63. The second-order valence-electron chi connectivity index (χ2n) is 3.91. The van der Waals surface area contributed by atoms with Gasteiger partial charge in [0.25, 0.3) is 0 Å². The predicted octanol–water partition coefficient (Wildman–Crippen LogP) is 3.72. The van der Waals surface area contributed by atoms with Crippen LogP contribution in [0.15, 0.2) is 60.7 Å². The summed E-state index contributed by atoms with van der Waals surface area (Å²) in [5.41, 5.74) is 2.35. The Bertz CT molecular complexity index is 367. The lowest BCUT2D eigenvalue weighted by Gasteiger charge is -2.03. The van der Waals surface area contributed by atoms with E-state index in [4.69, 9.17) is 4.74 Å². The number of aryl methyl sites for hydroxylation is 1. The van der Waals surface area contributed by atoms with Crippen molar-refractivity contribution in [3.8, 4) is 0 Å². The zero-order valence-corrected chi connectivity index (χ0v) is 9.80. The van der Waals surface area contributed by atoms with Crippen LogP contribution in [-0.4, -0.2) is 6.61 Å². The minimum absolute atomic E-state index is 0.712. The summed E-state index contributed by atoms with van der Waals surface area (Å²) in [5.74, 6) is 0. The van der Waals surface area contributed by atoms with E-state index in [1.807, 2.05) is 36.4 Å². The van der Waals surface area contributed by atoms with Gasteiger partial charge in [-0.3, -0.25) is 0 Å². The van der Waals surface area contributed by atoms with Crippen molar-refractivity contribution in [3.63, 3.8) is 0 Å². The molecule has 1 nitrogen and oxygen atoms in total. The van der Waals surface area contributed by atoms with Crippen molar-refractivity contribution < 1.29 is 4.74 Å². The molecule has 0 atom stereocenters. The molecule has 86 valence electrons. The van der Waals surface area contributed by atoms with Crippen LogP contribution >= 0.6 is 0 Å². The van der Waals surface area contributed by atoms with Crippen molar-refractivity contribution in [3.05, 3.63) is 78.4 Å². The maximum Gasteiger partial charge on any atom is 0.166 e. The lowest BCUT2D eigenvalue weighted by atomic mass is 10.1. The van der Waals surface area contributed by atoms with Gasteiger partial charge in [0.2, 0.25) is 0 Å². The third kappa shape index (κ3) is 4.41. The van der Waals surface area contributed by atoms with Gasteiger partial charge in [-0.05, 0) is 24.0 Å². The molecule has 0 amide bonds. The quantitative estimate of drug-likeness (QED) is 0.679. The number of benzene rings is 2. The lowest BCUT2D eigenvalue weighted by Crippen LogP contribution is -1.95. The molecule has 0 aliphatic rings. The molecule has 2 radical (unpaired) electrons. The highest BCUT2D eigenvalue weighted by Gasteiger charge is 1.95. The third-order valence-electron chi connectivity index (χ3n) is 2.52. The molecule has 0 fully saturated rings. The molecular weight excluding hydrogens is 208 g/mol. The third-order valence-corrected chi connectivity index (χ3v) is 2.52. The summed E-state index contributed by atoms with van der Waals surface area (Å²) in [6, 6.07) is 20.4. The summed E-state index contributed by atoms with van der Waals surface area (Å²) in [4.78, 5) is 0. The van der Waals surface area contributed by atoms with Crippen molar-refractivity contribution in [1.82, 2.24) is 0 Å². The van der Waals surface area contributed by atoms with Gasteiger partial charge in [-0.25, -0.2) is 0 Å². The SMILES string of the molecule is [C](OCCCc1ccccc1)c1ccccc1. The van der Waals surface area contributed by atoms with Crippen molar-refractivity contribution in [2.75, 3.05) is 6.61 Å². The largest absolute Gasteiger partial charge is 0.363 e. The molecule has 0 spiro atoms. The van der Waals surface area contributed by atoms with Crippen LogP contribution in [0.2, 0.25) is 0 Å². The zero-order valence-electron chi connectivity index (χ0n) is 9.80. The van der Waals surface area contributed by atoms with Crippen LogP contribution in [0.25, 0.3) is 0 Å². The Morgan fingerprint density at radius 2 is 1.47 bits per heavy atom. The van der Waals surface area contributed by atoms with E-state index >= 15 is 0 Å². The van der Waals surface area contributed by atoms with Crippen LogP contribution in [0.4, 0.5) is 0 Å². The van der Waals surface area contributed by atoms with E-state index in [-0.39, 0.29) is 0 Å². The van der Waals surface area contributed by atoms with Crippen LogP contribution in [0.1, 0.15) is 17.5 Å². The fraction of sp³-hybridized carbons (Fsp3) is 0.188. The second kappa shape index (κ2) is 6.87. The van der Waals surface area contributed by atoms with Crippen molar-refractivity contribution in [2.24, 2.45) is 0 Å². The first-order valence-corrected chi connectivity index (χ1v) is 5.92. The molecule has 0 saturated heterocycles. The molecule has 0 N–H and O–H groups in total. The summed E-state index contributed by atoms with van der Waals surface area (Å²) < 4.78 is 5.39. The Morgan fingerprint density at radius 3 is 2.18 bits per heavy atom. The zero-order chi connectivity index (χ0) is 11.8. The van der Waals surface area contributed by atoms with E-state index < -0.39 is 0 Å². The maximum absolute atomic E-state index is 5.39. The highest BCUT2D eigenvalue weighted by Crippen LogP contribution is 2.05. The molecule has 0 heterocycles. The second-order valence-corrected chi connectivity index (χ2v) is 3.91. The minimum Gasteiger partial charge on any atom is -0.363 e. The Morgan fingerprint density at radius 1 is 0.824 bits per heavy atom. The van der Waals surface area contributed by atoms with Crippen LogP contribution in [0.3, 0.4) is 0 Å². The highest BCUT2D eigenvalue weighted by atomic mass is 16.5. The molecule has 1 heteroatoms. The molecule has 2 rings (SSSR count). The van der Waals surface area contributed by atoms with Gasteiger partial charge in [0.15, 0.2) is 6.61 Å². The van der Waals surface area contributed by atoms with Crippen molar-refractivity contribution >= 4 is 0 Å². The average Bonchev–Trinajstić information content (AvgIpc) is 2.41. The predicted molar refractivity (Wildman–Crippen MR) is 69.5 cm³/mol. The molecule has 0 saturated carbocycles. The fourth-order valence-electron chi connectivity index (χ4n) is 1.63. The summed E-state index contributed by atoms with van der Waals surface area (Å²) >= 11 is 0. The molecule has 0 aliphatic heterocycles. The Labute approximate surface area is 103 Å². The lowest BCUT2D eigenvalue weighted by molar-refractivity contribution is 0.208. The Balaban J connectivity index is 1.61. The maximum atomic E-state index is 5.39. The molecular formula is C16H16O. The normalized spacial score (nSPS) is 10.4. The van der Waals surface area contributed by atoms with Gasteiger partial charge in [-0.2, -0.15) is 0 Å². The van der Waals surface area contributed by atoms with E-state index in [0.717, 1.165) is 18.4 Å². The molecule has 17 heavy (non-hydrogen) atoms. The molecule has 0 unspecified atom stereocenters. The summed E-state index contributed by atoms with van der Waals surface area (Å²) in [5, 5.41) is 0. The number of rotatable bonds is 6. The van der Waals surface area contributed by atoms with Gasteiger partial charge in [-0.1, -0.05) is 60.7 Å². The first kappa shape index (κ1) is 11.9.